The number of unbranched alkanes of at least 4 members (excludes halogenated alkanes) is 14. The van der Waals surface area contributed by atoms with Gasteiger partial charge in [-0.3, -0.25) is 0 Å². The normalized spacial score (nSPS) is 11.0. The molecule has 0 aromatic rings. The van der Waals surface area contributed by atoms with Gasteiger partial charge in [-0.1, -0.05) is 96.8 Å². The summed E-state index contributed by atoms with van der Waals surface area (Å²) in [6, 6.07) is 0. The van der Waals surface area contributed by atoms with Crippen LogP contribution < -0.4 is 0 Å². The molecule has 1 heteroatoms. The van der Waals surface area contributed by atoms with Gasteiger partial charge in [0.25, 0.3) is 0 Å². The summed E-state index contributed by atoms with van der Waals surface area (Å²) < 4.78 is 0. The molecule has 0 aliphatic rings. The lowest BCUT2D eigenvalue weighted by atomic mass is 10.0. The summed E-state index contributed by atoms with van der Waals surface area (Å²) in [6.07, 6.45) is 23.2. The maximum absolute atomic E-state index is 2.82. The molecule has 1 atom stereocenters. The van der Waals surface area contributed by atoms with Crippen LogP contribution in [0.5, 0.6) is 0 Å². The first-order chi connectivity index (χ1) is 8.91. The molecule has 0 aliphatic carbocycles. The van der Waals surface area contributed by atoms with Gasteiger partial charge in [-0.25, -0.2) is 0 Å². The topological polar surface area (TPSA) is 0 Å². The summed E-state index contributed by atoms with van der Waals surface area (Å²) in [6.45, 7) is 2.29. The summed E-state index contributed by atoms with van der Waals surface area (Å²) in [4.78, 5) is 0. The Kier molecular flexibility index (Phi) is 17.8. The van der Waals surface area contributed by atoms with E-state index in [1.807, 2.05) is 0 Å². The SMILES string of the molecule is CCCCCCCCCCCCCCCCCP. The van der Waals surface area contributed by atoms with Crippen molar-refractivity contribution in [2.45, 2.75) is 103 Å². The molecule has 0 fully saturated rings. The van der Waals surface area contributed by atoms with Gasteiger partial charge < -0.3 is 0 Å². The van der Waals surface area contributed by atoms with Gasteiger partial charge >= 0.3 is 0 Å². The fourth-order valence-corrected chi connectivity index (χ4v) is 2.80. The van der Waals surface area contributed by atoms with E-state index >= 15 is 0 Å². The van der Waals surface area contributed by atoms with Crippen LogP contribution in [0, 0.1) is 0 Å². The average Bonchev–Trinajstić information content (AvgIpc) is 2.39. The minimum atomic E-state index is 1.29. The van der Waals surface area contributed by atoms with Crippen molar-refractivity contribution in [3.63, 3.8) is 0 Å². The molecule has 0 amide bonds. The Morgan fingerprint density at radius 2 is 0.722 bits per heavy atom. The Bertz CT molecular complexity index is 118. The molecule has 0 spiro atoms. The molecule has 0 saturated heterocycles. The van der Waals surface area contributed by atoms with E-state index in [0.717, 1.165) is 0 Å². The maximum Gasteiger partial charge on any atom is -0.0381 e. The Morgan fingerprint density at radius 1 is 0.444 bits per heavy atom. The third-order valence-electron chi connectivity index (χ3n) is 3.81. The highest BCUT2D eigenvalue weighted by Crippen LogP contribution is 2.13. The van der Waals surface area contributed by atoms with Gasteiger partial charge in [-0.2, -0.15) is 0 Å². The quantitative estimate of drug-likeness (QED) is 0.229. The molecule has 0 rings (SSSR count). The van der Waals surface area contributed by atoms with Crippen LogP contribution >= 0.6 is 9.24 Å². The van der Waals surface area contributed by atoms with E-state index in [1.54, 1.807) is 0 Å². The van der Waals surface area contributed by atoms with E-state index in [1.165, 1.54) is 102 Å². The number of hydrogen-bond acceptors (Lipinski definition) is 0. The van der Waals surface area contributed by atoms with E-state index in [4.69, 9.17) is 0 Å². The molecular formula is C17H37P. The van der Waals surface area contributed by atoms with E-state index in [0.29, 0.717) is 0 Å². The first kappa shape index (κ1) is 18.4. The molecule has 0 aromatic heterocycles. The Hall–Kier alpha value is 0.430. The zero-order valence-corrected chi connectivity index (χ0v) is 14.0. The Morgan fingerprint density at radius 3 is 1.00 bits per heavy atom. The molecule has 0 saturated carbocycles. The second-order valence-electron chi connectivity index (χ2n) is 5.74. The molecule has 110 valence electrons. The third kappa shape index (κ3) is 16.4. The molecule has 0 bridgehead atoms. The van der Waals surface area contributed by atoms with Gasteiger partial charge in [0, 0.05) is 0 Å². The fourth-order valence-electron chi connectivity index (χ4n) is 2.52. The van der Waals surface area contributed by atoms with Crippen LogP contribution in [0.3, 0.4) is 0 Å². The van der Waals surface area contributed by atoms with E-state index in [2.05, 4.69) is 16.2 Å². The molecule has 0 nitrogen and oxygen atoms in total. The highest BCUT2D eigenvalue weighted by atomic mass is 31.0. The van der Waals surface area contributed by atoms with Gasteiger partial charge in [0.2, 0.25) is 0 Å². The molecule has 18 heavy (non-hydrogen) atoms. The summed E-state index contributed by atoms with van der Waals surface area (Å²) >= 11 is 0. The highest BCUT2D eigenvalue weighted by molar-refractivity contribution is 7.16. The van der Waals surface area contributed by atoms with E-state index in [9.17, 15) is 0 Å². The van der Waals surface area contributed by atoms with E-state index in [-0.39, 0.29) is 0 Å². The van der Waals surface area contributed by atoms with Gasteiger partial charge in [0.15, 0.2) is 0 Å². The standard InChI is InChI=1S/C17H37P/c1-2-3-4-5-6-7-8-9-10-11-12-13-14-15-16-17-18/h2-18H2,1H3. The second-order valence-corrected chi connectivity index (χ2v) is 6.32. The predicted octanol–water partition coefficient (Wildman–Crippen LogP) is 6.73. The molecule has 0 aromatic carbocycles. The number of rotatable bonds is 15. The van der Waals surface area contributed by atoms with Gasteiger partial charge in [-0.15, -0.1) is 9.24 Å². The Labute approximate surface area is 119 Å². The van der Waals surface area contributed by atoms with Gasteiger partial charge in [0.05, 0.1) is 0 Å². The van der Waals surface area contributed by atoms with Crippen molar-refractivity contribution in [1.29, 1.82) is 0 Å². The minimum Gasteiger partial charge on any atom is -0.138 e. The van der Waals surface area contributed by atoms with Crippen molar-refractivity contribution in [1.82, 2.24) is 0 Å². The van der Waals surface area contributed by atoms with Crippen LogP contribution in [0.25, 0.3) is 0 Å². The van der Waals surface area contributed by atoms with Crippen LogP contribution in [0.1, 0.15) is 103 Å². The monoisotopic (exact) mass is 272 g/mol. The second kappa shape index (κ2) is 17.4. The maximum atomic E-state index is 2.82. The van der Waals surface area contributed by atoms with Crippen molar-refractivity contribution in [3.8, 4) is 0 Å². The molecule has 0 aliphatic heterocycles. The first-order valence-corrected chi connectivity index (χ1v) is 9.43. The van der Waals surface area contributed by atoms with Gasteiger partial charge in [-0.05, 0) is 12.6 Å². The molecule has 0 N–H and O–H groups in total. The fraction of sp³-hybridized carbons (Fsp3) is 1.00. The van der Waals surface area contributed by atoms with Crippen molar-refractivity contribution >= 4 is 9.24 Å². The van der Waals surface area contributed by atoms with E-state index < -0.39 is 0 Å². The highest BCUT2D eigenvalue weighted by Gasteiger charge is 1.93. The molecule has 0 heterocycles. The van der Waals surface area contributed by atoms with Crippen molar-refractivity contribution in [2.75, 3.05) is 6.16 Å². The number of hydrogen-bond donors (Lipinski definition) is 0. The third-order valence-corrected chi connectivity index (χ3v) is 4.22. The first-order valence-electron chi connectivity index (χ1n) is 8.62. The van der Waals surface area contributed by atoms with Crippen molar-refractivity contribution in [2.24, 2.45) is 0 Å². The van der Waals surface area contributed by atoms with Crippen LogP contribution in [-0.2, 0) is 0 Å². The van der Waals surface area contributed by atoms with Crippen molar-refractivity contribution in [3.05, 3.63) is 0 Å². The van der Waals surface area contributed by atoms with Crippen LogP contribution in [0.4, 0.5) is 0 Å². The summed E-state index contributed by atoms with van der Waals surface area (Å²) in [7, 11) is 2.82. The predicted molar refractivity (Wildman–Crippen MR) is 89.5 cm³/mol. The zero-order valence-electron chi connectivity index (χ0n) is 12.9. The average molecular weight is 272 g/mol. The Balaban J connectivity index is 2.86. The lowest BCUT2D eigenvalue weighted by Gasteiger charge is -2.03. The zero-order chi connectivity index (χ0) is 13.3. The van der Waals surface area contributed by atoms with Gasteiger partial charge in [0.1, 0.15) is 0 Å². The lowest BCUT2D eigenvalue weighted by Crippen LogP contribution is -1.83. The lowest BCUT2D eigenvalue weighted by molar-refractivity contribution is 0.535. The molecular weight excluding hydrogens is 235 g/mol. The van der Waals surface area contributed by atoms with Crippen LogP contribution in [0.2, 0.25) is 0 Å². The van der Waals surface area contributed by atoms with Crippen molar-refractivity contribution < 1.29 is 0 Å². The molecule has 0 radical (unpaired) electrons. The molecule has 1 unspecified atom stereocenters. The van der Waals surface area contributed by atoms with Crippen LogP contribution in [-0.4, -0.2) is 6.16 Å². The summed E-state index contributed by atoms with van der Waals surface area (Å²) in [5.74, 6) is 0. The minimum absolute atomic E-state index is 1.29. The van der Waals surface area contributed by atoms with Crippen LogP contribution in [0.15, 0.2) is 0 Å². The largest absolute Gasteiger partial charge is 0.138 e. The summed E-state index contributed by atoms with van der Waals surface area (Å²) in [5, 5.41) is 0. The smallest absolute Gasteiger partial charge is 0.0381 e. The summed E-state index contributed by atoms with van der Waals surface area (Å²) in [5.41, 5.74) is 0.